The number of carbonyl (C=O) groups excluding carboxylic acids is 1. The third kappa shape index (κ3) is 3.49. The molecule has 0 saturated heterocycles. The van der Waals surface area contributed by atoms with E-state index in [9.17, 15) is 4.79 Å². The Morgan fingerprint density at radius 2 is 2.20 bits per heavy atom. The number of rotatable bonds is 5. The normalized spacial score (nSPS) is 10.8. The summed E-state index contributed by atoms with van der Waals surface area (Å²) in [6, 6.07) is 5.64. The molecule has 0 N–H and O–H groups in total. The number of aromatic nitrogens is 2. The number of ether oxygens (including phenoxy) is 1. The molecule has 0 fully saturated rings. The Hall–Kier alpha value is -0.250. The van der Waals surface area contributed by atoms with Gasteiger partial charge in [-0.05, 0) is 56.7 Å². The maximum absolute atomic E-state index is 12.7. The number of hydrogen-bond donors (Lipinski definition) is 0. The van der Waals surface area contributed by atoms with Gasteiger partial charge >= 0.3 is 0 Å². The molecule has 4 nitrogen and oxygen atoms in total. The van der Waals surface area contributed by atoms with Gasteiger partial charge in [0.05, 0.1) is 23.8 Å². The zero-order valence-corrected chi connectivity index (χ0v) is 15.9. The summed E-state index contributed by atoms with van der Waals surface area (Å²) in [6.45, 7) is 1.04. The molecule has 7 heteroatoms. The number of methoxy groups -OCH3 is 1. The van der Waals surface area contributed by atoms with E-state index in [0.717, 1.165) is 8.04 Å². The van der Waals surface area contributed by atoms with Crippen molar-refractivity contribution in [2.45, 2.75) is 6.54 Å². The van der Waals surface area contributed by atoms with Crippen molar-refractivity contribution < 1.29 is 9.53 Å². The lowest BCUT2D eigenvalue weighted by atomic mass is 10.1. The number of ketones is 1. The summed E-state index contributed by atoms with van der Waals surface area (Å²) in [7, 11) is 1.62. The Balaban J connectivity index is 2.42. The molecule has 2 aromatic rings. The summed E-state index contributed by atoms with van der Waals surface area (Å²) in [6.07, 6.45) is 1.63. The van der Waals surface area contributed by atoms with E-state index in [1.807, 2.05) is 18.2 Å². The van der Waals surface area contributed by atoms with Gasteiger partial charge in [-0.3, -0.25) is 9.48 Å². The first-order chi connectivity index (χ1) is 9.54. The lowest BCUT2D eigenvalue weighted by molar-refractivity contribution is 0.102. The van der Waals surface area contributed by atoms with E-state index in [1.54, 1.807) is 18.0 Å². The summed E-state index contributed by atoms with van der Waals surface area (Å²) in [5.74, 6) is -0.0591. The second kappa shape index (κ2) is 7.15. The topological polar surface area (TPSA) is 44.1 Å². The SMILES string of the molecule is COCCn1ncc(Br)c1C(=O)c1cc(Br)ccc1I. The first kappa shape index (κ1) is 16.1. The molecule has 0 spiro atoms. The minimum atomic E-state index is -0.0591. The van der Waals surface area contributed by atoms with Gasteiger partial charge < -0.3 is 4.74 Å². The molecule has 0 aliphatic heterocycles. The Morgan fingerprint density at radius 3 is 2.90 bits per heavy atom. The first-order valence-electron chi connectivity index (χ1n) is 5.74. The summed E-state index contributed by atoms with van der Waals surface area (Å²) in [4.78, 5) is 12.7. The van der Waals surface area contributed by atoms with Gasteiger partial charge in [0, 0.05) is 20.7 Å². The summed E-state index contributed by atoms with van der Waals surface area (Å²) in [5.41, 5.74) is 1.19. The molecule has 0 amide bonds. The van der Waals surface area contributed by atoms with Gasteiger partial charge in [0.25, 0.3) is 0 Å². The van der Waals surface area contributed by atoms with E-state index < -0.39 is 0 Å². The maximum atomic E-state index is 12.7. The van der Waals surface area contributed by atoms with Gasteiger partial charge in [-0.15, -0.1) is 0 Å². The first-order valence-corrected chi connectivity index (χ1v) is 8.41. The maximum Gasteiger partial charge on any atom is 0.213 e. The second-order valence-corrected chi connectivity index (χ2v) is 6.94. The van der Waals surface area contributed by atoms with Gasteiger partial charge in [-0.25, -0.2) is 0 Å². The number of halogens is 3. The molecule has 0 aliphatic rings. The highest BCUT2D eigenvalue weighted by atomic mass is 127. The van der Waals surface area contributed by atoms with Crippen LogP contribution >= 0.6 is 54.5 Å². The van der Waals surface area contributed by atoms with Gasteiger partial charge in [0.15, 0.2) is 0 Å². The smallest absolute Gasteiger partial charge is 0.213 e. The fraction of sp³-hybridized carbons (Fsp3) is 0.231. The van der Waals surface area contributed by atoms with Crippen LogP contribution in [0.2, 0.25) is 0 Å². The lowest BCUT2D eigenvalue weighted by Crippen LogP contribution is -2.15. The van der Waals surface area contributed by atoms with Crippen LogP contribution in [0.3, 0.4) is 0 Å². The Morgan fingerprint density at radius 1 is 1.45 bits per heavy atom. The van der Waals surface area contributed by atoms with E-state index >= 15 is 0 Å². The standard InChI is InChI=1S/C13H11Br2IN2O2/c1-20-5-4-18-12(10(15)7-17-18)13(19)9-6-8(14)2-3-11(9)16/h2-3,6-7H,4-5H2,1H3. The zero-order valence-electron chi connectivity index (χ0n) is 10.6. The van der Waals surface area contributed by atoms with Crippen molar-refractivity contribution in [2.75, 3.05) is 13.7 Å². The minimum absolute atomic E-state index is 0.0591. The third-order valence-electron chi connectivity index (χ3n) is 2.69. The van der Waals surface area contributed by atoms with Crippen molar-refractivity contribution in [1.29, 1.82) is 0 Å². The molecule has 0 aliphatic carbocycles. The molecule has 20 heavy (non-hydrogen) atoms. The van der Waals surface area contributed by atoms with E-state index in [1.165, 1.54) is 0 Å². The van der Waals surface area contributed by atoms with E-state index in [4.69, 9.17) is 4.74 Å². The molecule has 0 bridgehead atoms. The van der Waals surface area contributed by atoms with Crippen LogP contribution in [0.4, 0.5) is 0 Å². The summed E-state index contributed by atoms with van der Waals surface area (Å²) >= 11 is 8.95. The van der Waals surface area contributed by atoms with Crippen molar-refractivity contribution in [3.8, 4) is 0 Å². The molecule has 0 atom stereocenters. The van der Waals surface area contributed by atoms with E-state index in [0.29, 0.717) is 28.9 Å². The van der Waals surface area contributed by atoms with Crippen molar-refractivity contribution in [1.82, 2.24) is 9.78 Å². The molecular weight excluding hydrogens is 503 g/mol. The van der Waals surface area contributed by atoms with E-state index in [2.05, 4.69) is 59.5 Å². The van der Waals surface area contributed by atoms with E-state index in [-0.39, 0.29) is 5.78 Å². The molecule has 1 aromatic heterocycles. The van der Waals surface area contributed by atoms with Crippen LogP contribution in [0.15, 0.2) is 33.3 Å². The average molecular weight is 514 g/mol. The largest absolute Gasteiger partial charge is 0.383 e. The zero-order chi connectivity index (χ0) is 14.7. The van der Waals surface area contributed by atoms with Crippen molar-refractivity contribution in [2.24, 2.45) is 0 Å². The van der Waals surface area contributed by atoms with Crippen LogP contribution in [0.5, 0.6) is 0 Å². The van der Waals surface area contributed by atoms with Crippen LogP contribution in [-0.4, -0.2) is 29.3 Å². The highest BCUT2D eigenvalue weighted by molar-refractivity contribution is 14.1. The second-order valence-electron chi connectivity index (χ2n) is 4.01. The Bertz CT molecular complexity index is 643. The molecule has 1 heterocycles. The van der Waals surface area contributed by atoms with Gasteiger partial charge in [0.2, 0.25) is 5.78 Å². The fourth-order valence-corrected chi connectivity index (χ4v) is 3.15. The third-order valence-corrected chi connectivity index (χ3v) is 4.70. The highest BCUT2D eigenvalue weighted by Gasteiger charge is 2.21. The number of benzene rings is 1. The minimum Gasteiger partial charge on any atom is -0.383 e. The van der Waals surface area contributed by atoms with Crippen LogP contribution in [0.25, 0.3) is 0 Å². The van der Waals surface area contributed by atoms with Gasteiger partial charge in [-0.1, -0.05) is 15.9 Å². The molecular formula is C13H11Br2IN2O2. The quantitative estimate of drug-likeness (QED) is 0.450. The van der Waals surface area contributed by atoms with Crippen LogP contribution < -0.4 is 0 Å². The fourth-order valence-electron chi connectivity index (χ4n) is 1.73. The summed E-state index contributed by atoms with van der Waals surface area (Å²) < 4.78 is 9.17. The highest BCUT2D eigenvalue weighted by Crippen LogP contribution is 2.25. The predicted octanol–water partition coefficient (Wildman–Crippen LogP) is 3.89. The number of carbonyl (C=O) groups is 1. The van der Waals surface area contributed by atoms with Crippen LogP contribution in [0.1, 0.15) is 16.1 Å². The van der Waals surface area contributed by atoms with Crippen molar-refractivity contribution >= 4 is 60.2 Å². The Labute approximate surface area is 147 Å². The molecule has 0 radical (unpaired) electrons. The van der Waals surface area contributed by atoms with Crippen LogP contribution in [0, 0.1) is 3.57 Å². The lowest BCUT2D eigenvalue weighted by Gasteiger charge is -2.08. The molecule has 2 rings (SSSR count). The molecule has 0 unspecified atom stereocenters. The number of nitrogens with zero attached hydrogens (tertiary/aromatic N) is 2. The predicted molar refractivity (Wildman–Crippen MR) is 92.1 cm³/mol. The summed E-state index contributed by atoms with van der Waals surface area (Å²) in [5, 5.41) is 4.21. The van der Waals surface area contributed by atoms with Crippen LogP contribution in [-0.2, 0) is 11.3 Å². The number of hydrogen-bond acceptors (Lipinski definition) is 3. The van der Waals surface area contributed by atoms with Crippen molar-refractivity contribution in [3.05, 3.63) is 48.2 Å². The molecule has 0 saturated carbocycles. The molecule has 106 valence electrons. The molecule has 1 aromatic carbocycles. The average Bonchev–Trinajstić information content (AvgIpc) is 2.79. The van der Waals surface area contributed by atoms with Crippen molar-refractivity contribution in [3.63, 3.8) is 0 Å². The van der Waals surface area contributed by atoms with Gasteiger partial charge in [-0.2, -0.15) is 5.10 Å². The Kier molecular flexibility index (Phi) is 5.76. The monoisotopic (exact) mass is 512 g/mol. The van der Waals surface area contributed by atoms with Gasteiger partial charge in [0.1, 0.15) is 5.69 Å².